The maximum absolute atomic E-state index is 11.4. The van der Waals surface area contributed by atoms with E-state index in [-0.39, 0.29) is 16.8 Å². The summed E-state index contributed by atoms with van der Waals surface area (Å²) in [5.74, 6) is 0. The molecule has 46 heavy (non-hydrogen) atoms. The number of hydrogen-bond acceptors (Lipinski definition) is 12. The average molecular weight is 899 g/mol. The summed E-state index contributed by atoms with van der Waals surface area (Å²) >= 11 is 0. The van der Waals surface area contributed by atoms with E-state index in [2.05, 4.69) is 0 Å². The molecule has 0 aliphatic rings. The maximum atomic E-state index is 11.4. The topological polar surface area (TPSA) is 247 Å². The van der Waals surface area contributed by atoms with Crippen LogP contribution in [0.2, 0.25) is 0 Å². The second-order valence-electron chi connectivity index (χ2n) is 5.75. The van der Waals surface area contributed by atoms with Gasteiger partial charge in [0.1, 0.15) is 0 Å². The van der Waals surface area contributed by atoms with Gasteiger partial charge < -0.3 is 12.4 Å². The van der Waals surface area contributed by atoms with Gasteiger partial charge in [0.2, 0.25) is 0 Å². The molecule has 0 aromatic carbocycles. The van der Waals surface area contributed by atoms with Gasteiger partial charge in [0.15, 0.2) is 60.1 Å². The number of rotatable bonds is 6. The van der Waals surface area contributed by atoms with Gasteiger partial charge in [-0.3, -0.25) is 0 Å². The summed E-state index contributed by atoms with van der Waals surface area (Å²) < 4.78 is 328. The van der Waals surface area contributed by atoms with Crippen LogP contribution < -0.4 is 0 Å². The van der Waals surface area contributed by atoms with Crippen molar-refractivity contribution in [1.82, 2.24) is 0 Å². The maximum Gasteiger partial charge on any atom is 3.00 e. The first-order valence-corrected chi connectivity index (χ1v) is 16.4. The molecule has 0 rings (SSSR count). The first-order chi connectivity index (χ1) is 18.6. The van der Waals surface area contributed by atoms with Crippen LogP contribution in [0.5, 0.6) is 0 Å². The monoisotopic (exact) mass is 899 g/mol. The van der Waals surface area contributed by atoms with E-state index in [0.29, 0.717) is 0 Å². The van der Waals surface area contributed by atoms with Gasteiger partial charge in [-0.1, -0.05) is 0 Å². The minimum Gasteiger partial charge on any atom is -0.421 e. The number of hydrogen-bond donors (Lipinski definition) is 0. The Morgan fingerprint density at radius 1 is 0.239 bits per heavy atom. The molecule has 0 saturated heterocycles. The van der Waals surface area contributed by atoms with Crippen LogP contribution >= 0.6 is 0 Å². The third-order valence-corrected chi connectivity index (χ3v) is 10.6. The van der Waals surface area contributed by atoms with Gasteiger partial charge >= 0.3 is 49.8 Å². The summed E-state index contributed by atoms with van der Waals surface area (Å²) in [6.45, 7) is 0. The fraction of sp³-hybridized carbons (Fsp3) is 1.00. The third-order valence-electron chi connectivity index (χ3n) is 2.34. The van der Waals surface area contributed by atoms with Crippen molar-refractivity contribution in [2.75, 3.05) is 0 Å². The molecule has 282 valence electrons. The Bertz CT molecular complexity index is 1370. The van der Waals surface area contributed by atoms with E-state index >= 15 is 0 Å². The largest absolute Gasteiger partial charge is 3.00 e. The third kappa shape index (κ3) is 14.9. The summed E-state index contributed by atoms with van der Waals surface area (Å²) in [7, 11) is -40.3. The van der Waals surface area contributed by atoms with Crippen LogP contribution in [0.25, 0.3) is 12.4 Å². The van der Waals surface area contributed by atoms with Gasteiger partial charge in [0.25, 0.3) is 0 Å². The van der Waals surface area contributed by atoms with Gasteiger partial charge in [-0.05, 0) is 0 Å². The molecule has 0 saturated carbocycles. The Labute approximate surface area is 251 Å². The van der Waals surface area contributed by atoms with Crippen molar-refractivity contribution in [3.8, 4) is 0 Å². The van der Waals surface area contributed by atoms with Crippen LogP contribution in [0, 0.1) is 0 Å². The Hall–Kier alpha value is -1.17. The van der Waals surface area contributed by atoms with E-state index < -0.39 is 93.2 Å². The minimum absolute atomic E-state index is 0. The number of nitrogens with zero attached hydrogens (tertiary/aromatic N) is 3. The predicted molar refractivity (Wildman–Crippen MR) is 99.9 cm³/mol. The molecule has 0 fully saturated rings. The molecule has 0 unspecified atom stereocenters. The van der Waals surface area contributed by atoms with E-state index in [1.807, 2.05) is 0 Å². The van der Waals surface area contributed by atoms with Crippen molar-refractivity contribution in [2.45, 2.75) is 33.0 Å². The van der Waals surface area contributed by atoms with E-state index in [1.54, 1.807) is 0 Å². The van der Waals surface area contributed by atoms with Crippen molar-refractivity contribution in [3.63, 3.8) is 0 Å². The molecule has 0 aromatic rings. The zero-order valence-electron chi connectivity index (χ0n) is 18.8. The molecule has 0 atom stereocenters. The summed E-state index contributed by atoms with van der Waals surface area (Å²) in [4.78, 5) is 0. The normalized spacial score (nSPS) is 15.0. The molecule has 15 nitrogen and oxygen atoms in total. The van der Waals surface area contributed by atoms with Crippen molar-refractivity contribution >= 4 is 60.1 Å². The van der Waals surface area contributed by atoms with Crippen LogP contribution in [0.4, 0.5) is 79.0 Å². The smallest absolute Gasteiger partial charge is 0.421 e. The van der Waals surface area contributed by atoms with Gasteiger partial charge in [-0.15, -0.1) is 0 Å². The van der Waals surface area contributed by atoms with Gasteiger partial charge in [0.05, 0.1) is 0 Å². The molecule has 0 amide bonds. The van der Waals surface area contributed by atoms with Crippen molar-refractivity contribution in [3.05, 3.63) is 12.4 Å². The standard InChI is InChI=1S/3C2F6NO4S2.Co/c3*3-1(4,5)14(10,11)9-15(12,13)2(6,7)8;/q3*-1;+3. The predicted octanol–water partition coefficient (Wildman–Crippen LogP) is 3.18. The molecule has 0 bridgehead atoms. The fourth-order valence-corrected chi connectivity index (χ4v) is 5.77. The van der Waals surface area contributed by atoms with E-state index in [1.165, 1.54) is 0 Å². The van der Waals surface area contributed by atoms with Crippen LogP contribution in [-0.4, -0.2) is 83.6 Å². The average Bonchev–Trinajstić information content (AvgIpc) is 2.61. The number of alkyl halides is 18. The second kappa shape index (κ2) is 14.7. The van der Waals surface area contributed by atoms with Crippen molar-refractivity contribution < 1.29 is 146 Å². The van der Waals surface area contributed by atoms with Gasteiger partial charge in [0, 0.05) is 0 Å². The summed E-state index contributed by atoms with van der Waals surface area (Å²) in [5, 5.41) is 0. The van der Waals surface area contributed by atoms with Crippen LogP contribution in [-0.2, 0) is 76.9 Å². The Kier molecular flexibility index (Phi) is 16.6. The Morgan fingerprint density at radius 3 is 0.348 bits per heavy atom. The van der Waals surface area contributed by atoms with E-state index in [9.17, 15) is 130 Å². The fourth-order valence-electron chi connectivity index (χ4n) is 0.641. The van der Waals surface area contributed by atoms with Crippen LogP contribution in [0.1, 0.15) is 0 Å². The summed E-state index contributed by atoms with van der Waals surface area (Å²) in [5.41, 5.74) is -37.2. The zero-order chi connectivity index (χ0) is 38.1. The Morgan fingerprint density at radius 2 is 0.304 bits per heavy atom. The second-order valence-corrected chi connectivity index (χ2v) is 16.0. The molecule has 0 aliphatic carbocycles. The van der Waals surface area contributed by atoms with Crippen molar-refractivity contribution in [2.24, 2.45) is 0 Å². The minimum atomic E-state index is -6.72. The molecule has 0 N–H and O–H groups in total. The molecule has 0 spiro atoms. The number of sulfonamides is 6. The quantitative estimate of drug-likeness (QED) is 0.349. The molecular weight excluding hydrogens is 899 g/mol. The van der Waals surface area contributed by atoms with Crippen molar-refractivity contribution in [1.29, 1.82) is 0 Å². The zero-order valence-corrected chi connectivity index (χ0v) is 24.8. The Balaban J connectivity index is -0.000000285. The molecule has 40 heteroatoms. The van der Waals surface area contributed by atoms with Gasteiger partial charge in [-0.25, -0.2) is 50.5 Å². The molecule has 0 aliphatic heterocycles. The molecule has 0 radical (unpaired) electrons. The van der Waals surface area contributed by atoms with E-state index in [0.717, 1.165) is 12.4 Å². The van der Waals surface area contributed by atoms with Gasteiger partial charge in [-0.2, -0.15) is 79.0 Å². The first-order valence-electron chi connectivity index (χ1n) is 7.72. The SMILES string of the molecule is O=S(=O)([N-]S(=O)(=O)C(F)(F)F)C(F)(F)F.O=S(=O)([N-]S(=O)(=O)C(F)(F)F)C(F)(F)F.O=S(=O)([N-]S(=O)(=O)C(F)(F)F)C(F)(F)F.[Co+3]. The summed E-state index contributed by atoms with van der Waals surface area (Å²) in [6.07, 6.45) is 0. The molecular formula is C6CoF18N3O12S6. The summed E-state index contributed by atoms with van der Waals surface area (Å²) in [6, 6.07) is 0. The number of halogens is 18. The molecule has 0 aromatic heterocycles. The molecule has 0 heterocycles. The van der Waals surface area contributed by atoms with Crippen LogP contribution in [0.15, 0.2) is 0 Å². The van der Waals surface area contributed by atoms with E-state index in [4.69, 9.17) is 0 Å². The first kappa shape index (κ1) is 51.7. The van der Waals surface area contributed by atoms with Crippen LogP contribution in [0.3, 0.4) is 0 Å².